The second-order valence-corrected chi connectivity index (χ2v) is 6.99. The molecule has 0 unspecified atom stereocenters. The normalized spacial score (nSPS) is 15.5. The molecule has 4 rings (SSSR count). The molecule has 1 N–H and O–H groups in total. The van der Waals surface area contributed by atoms with Crippen LogP contribution >= 0.6 is 0 Å². The van der Waals surface area contributed by atoms with Gasteiger partial charge in [0.25, 0.3) is 0 Å². The van der Waals surface area contributed by atoms with Gasteiger partial charge in [-0.3, -0.25) is 0 Å². The van der Waals surface area contributed by atoms with Crippen molar-refractivity contribution in [3.63, 3.8) is 0 Å². The molecule has 3 aromatic rings. The number of nitrogens with one attached hydrogen (secondary N) is 1. The molecule has 0 heterocycles. The lowest BCUT2D eigenvalue weighted by molar-refractivity contribution is 0.443. The molecule has 1 heteroatoms. The van der Waals surface area contributed by atoms with Crippen LogP contribution in [0.3, 0.4) is 0 Å². The minimum Gasteiger partial charge on any atom is -0.381 e. The van der Waals surface area contributed by atoms with Gasteiger partial charge >= 0.3 is 0 Å². The van der Waals surface area contributed by atoms with Crippen molar-refractivity contribution >= 4 is 16.5 Å². The molecule has 0 spiro atoms. The Morgan fingerprint density at radius 2 is 1.50 bits per heavy atom. The van der Waals surface area contributed by atoms with Crippen LogP contribution in [0, 0.1) is 0 Å². The molecule has 0 aliphatic heterocycles. The van der Waals surface area contributed by atoms with Crippen LogP contribution in [0.25, 0.3) is 10.8 Å². The van der Waals surface area contributed by atoms with Crippen LogP contribution in [-0.2, 0) is 6.54 Å². The first-order chi connectivity index (χ1) is 11.9. The Hall–Kier alpha value is -2.28. The summed E-state index contributed by atoms with van der Waals surface area (Å²) in [5, 5.41) is 6.17. The predicted molar refractivity (Wildman–Crippen MR) is 104 cm³/mol. The fraction of sp³-hybridized carbons (Fsp3) is 0.304. The van der Waals surface area contributed by atoms with Crippen molar-refractivity contribution in [2.24, 2.45) is 0 Å². The van der Waals surface area contributed by atoms with Crippen molar-refractivity contribution < 1.29 is 0 Å². The van der Waals surface area contributed by atoms with Crippen LogP contribution in [0.15, 0.2) is 66.7 Å². The van der Waals surface area contributed by atoms with E-state index in [9.17, 15) is 0 Å². The molecule has 24 heavy (non-hydrogen) atoms. The molecule has 122 valence electrons. The van der Waals surface area contributed by atoms with E-state index in [0.29, 0.717) is 0 Å². The molecule has 0 amide bonds. The molecule has 3 aromatic carbocycles. The van der Waals surface area contributed by atoms with Gasteiger partial charge in [0.2, 0.25) is 0 Å². The van der Waals surface area contributed by atoms with Crippen molar-refractivity contribution in [1.29, 1.82) is 0 Å². The van der Waals surface area contributed by atoms with Gasteiger partial charge in [-0.05, 0) is 58.9 Å². The van der Waals surface area contributed by atoms with Crippen molar-refractivity contribution in [2.45, 2.75) is 44.6 Å². The second-order valence-electron chi connectivity index (χ2n) is 6.99. The van der Waals surface area contributed by atoms with E-state index < -0.39 is 0 Å². The van der Waals surface area contributed by atoms with Gasteiger partial charge in [-0.2, -0.15) is 0 Å². The Balaban J connectivity index is 1.41. The third kappa shape index (κ3) is 3.46. The summed E-state index contributed by atoms with van der Waals surface area (Å²) in [6.07, 6.45) is 6.94. The number of hydrogen-bond acceptors (Lipinski definition) is 1. The van der Waals surface area contributed by atoms with Gasteiger partial charge in [-0.15, -0.1) is 0 Å². The van der Waals surface area contributed by atoms with E-state index in [4.69, 9.17) is 0 Å². The van der Waals surface area contributed by atoms with Crippen LogP contribution in [-0.4, -0.2) is 0 Å². The Morgan fingerprint density at radius 1 is 0.750 bits per heavy atom. The van der Waals surface area contributed by atoms with Crippen molar-refractivity contribution in [2.75, 3.05) is 5.32 Å². The quantitative estimate of drug-likeness (QED) is 0.579. The van der Waals surface area contributed by atoms with Crippen LogP contribution < -0.4 is 5.32 Å². The van der Waals surface area contributed by atoms with Crippen LogP contribution in [0.2, 0.25) is 0 Å². The molecule has 0 atom stereocenters. The Morgan fingerprint density at radius 3 is 2.29 bits per heavy atom. The van der Waals surface area contributed by atoms with Crippen LogP contribution in [0.5, 0.6) is 0 Å². The number of benzene rings is 3. The minimum absolute atomic E-state index is 0.785. The molecule has 1 aliphatic rings. The molecule has 0 radical (unpaired) electrons. The highest BCUT2D eigenvalue weighted by Crippen LogP contribution is 2.33. The fourth-order valence-electron chi connectivity index (χ4n) is 3.86. The zero-order valence-corrected chi connectivity index (χ0v) is 14.2. The highest BCUT2D eigenvalue weighted by molar-refractivity contribution is 5.83. The van der Waals surface area contributed by atoms with Gasteiger partial charge in [0.05, 0.1) is 0 Å². The molecular formula is C23H25N. The Bertz CT molecular complexity index is 798. The van der Waals surface area contributed by atoms with Gasteiger partial charge in [0, 0.05) is 12.2 Å². The second kappa shape index (κ2) is 7.09. The van der Waals surface area contributed by atoms with Crippen molar-refractivity contribution in [3.8, 4) is 0 Å². The standard InChI is InChI=1S/C23H25N/c1-2-6-19(7-3-1)21-12-14-23(15-13-21)24-17-18-10-11-20-8-4-5-9-22(20)16-18/h4-5,8-16,19,24H,1-3,6-7,17H2. The third-order valence-electron chi connectivity index (χ3n) is 5.30. The summed E-state index contributed by atoms with van der Waals surface area (Å²) in [6, 6.07) is 24.3. The highest BCUT2D eigenvalue weighted by atomic mass is 14.9. The summed E-state index contributed by atoms with van der Waals surface area (Å²) in [5.41, 5.74) is 4.05. The summed E-state index contributed by atoms with van der Waals surface area (Å²) in [5.74, 6) is 0.785. The molecule has 1 fully saturated rings. The van der Waals surface area contributed by atoms with Crippen molar-refractivity contribution in [1.82, 2.24) is 0 Å². The zero-order valence-electron chi connectivity index (χ0n) is 14.2. The lowest BCUT2D eigenvalue weighted by atomic mass is 9.84. The minimum atomic E-state index is 0.785. The van der Waals surface area contributed by atoms with Gasteiger partial charge in [-0.1, -0.05) is 67.8 Å². The largest absolute Gasteiger partial charge is 0.381 e. The first-order valence-electron chi connectivity index (χ1n) is 9.20. The SMILES string of the molecule is c1ccc2cc(CNc3ccc(C4CCCCC4)cc3)ccc2c1. The smallest absolute Gasteiger partial charge is 0.0401 e. The van der Waals surface area contributed by atoms with Gasteiger partial charge in [0.1, 0.15) is 0 Å². The molecule has 0 aromatic heterocycles. The average molecular weight is 315 g/mol. The average Bonchev–Trinajstić information content (AvgIpc) is 2.67. The number of fused-ring (bicyclic) bond motifs is 1. The zero-order chi connectivity index (χ0) is 16.2. The van der Waals surface area contributed by atoms with E-state index in [0.717, 1.165) is 12.5 Å². The first kappa shape index (κ1) is 15.3. The van der Waals surface area contributed by atoms with Crippen LogP contribution in [0.4, 0.5) is 5.69 Å². The lowest BCUT2D eigenvalue weighted by Gasteiger charge is -2.22. The molecule has 0 saturated heterocycles. The van der Waals surface area contributed by atoms with Gasteiger partial charge < -0.3 is 5.32 Å². The fourth-order valence-corrected chi connectivity index (χ4v) is 3.86. The monoisotopic (exact) mass is 315 g/mol. The van der Waals surface area contributed by atoms with E-state index >= 15 is 0 Å². The van der Waals surface area contributed by atoms with E-state index in [-0.39, 0.29) is 0 Å². The lowest BCUT2D eigenvalue weighted by Crippen LogP contribution is -2.05. The van der Waals surface area contributed by atoms with Gasteiger partial charge in [-0.25, -0.2) is 0 Å². The van der Waals surface area contributed by atoms with E-state index in [1.807, 2.05) is 0 Å². The van der Waals surface area contributed by atoms with E-state index in [1.165, 1.54) is 59.7 Å². The summed E-state index contributed by atoms with van der Waals surface area (Å²) in [7, 11) is 0. The van der Waals surface area contributed by atoms with E-state index in [2.05, 4.69) is 72.0 Å². The molecular weight excluding hydrogens is 290 g/mol. The maximum absolute atomic E-state index is 3.56. The Kier molecular flexibility index (Phi) is 4.51. The van der Waals surface area contributed by atoms with E-state index in [1.54, 1.807) is 0 Å². The van der Waals surface area contributed by atoms with Crippen LogP contribution in [0.1, 0.15) is 49.1 Å². The maximum Gasteiger partial charge on any atom is 0.0401 e. The molecule has 1 aliphatic carbocycles. The Labute approximate surface area is 144 Å². The first-order valence-corrected chi connectivity index (χ1v) is 9.20. The summed E-state index contributed by atoms with van der Waals surface area (Å²) in [6.45, 7) is 0.869. The molecule has 1 nitrogen and oxygen atoms in total. The number of rotatable bonds is 4. The summed E-state index contributed by atoms with van der Waals surface area (Å²) in [4.78, 5) is 0. The predicted octanol–water partition coefficient (Wildman–Crippen LogP) is 6.50. The molecule has 0 bridgehead atoms. The number of hydrogen-bond donors (Lipinski definition) is 1. The van der Waals surface area contributed by atoms with Gasteiger partial charge in [0.15, 0.2) is 0 Å². The highest BCUT2D eigenvalue weighted by Gasteiger charge is 2.14. The number of anilines is 1. The summed E-state index contributed by atoms with van der Waals surface area (Å²) < 4.78 is 0. The molecule has 1 saturated carbocycles. The topological polar surface area (TPSA) is 12.0 Å². The summed E-state index contributed by atoms with van der Waals surface area (Å²) >= 11 is 0. The maximum atomic E-state index is 3.56. The van der Waals surface area contributed by atoms with Crippen molar-refractivity contribution in [3.05, 3.63) is 77.9 Å². The third-order valence-corrected chi connectivity index (χ3v) is 5.30.